The second-order valence-electron chi connectivity index (χ2n) is 24.5. The third kappa shape index (κ3) is 65.0. The molecule has 1 unspecified atom stereocenters. The molecule has 0 N–H and O–H groups in total. The van der Waals surface area contributed by atoms with Gasteiger partial charge in [-0.25, -0.2) is 0 Å². The van der Waals surface area contributed by atoms with Gasteiger partial charge in [-0.3, -0.25) is 14.4 Å². The molecule has 0 amide bonds. The van der Waals surface area contributed by atoms with Gasteiger partial charge >= 0.3 is 17.9 Å². The molecule has 0 radical (unpaired) electrons. The molecule has 462 valence electrons. The Hall–Kier alpha value is -1.85. The van der Waals surface area contributed by atoms with Gasteiger partial charge in [0.1, 0.15) is 13.2 Å². The molecule has 0 aliphatic heterocycles. The molecule has 0 rings (SSSR count). The Kier molecular flexibility index (Phi) is 66.0. The largest absolute Gasteiger partial charge is 0.462 e. The number of carbonyl (C=O) groups excluding carboxylic acids is 3. The summed E-state index contributed by atoms with van der Waals surface area (Å²) in [5.74, 6) is -0.841. The summed E-state index contributed by atoms with van der Waals surface area (Å²) in [4.78, 5) is 38.4. The van der Waals surface area contributed by atoms with Gasteiger partial charge in [-0.1, -0.05) is 360 Å². The zero-order valence-electron chi connectivity index (χ0n) is 53.2. The number of hydrogen-bond donors (Lipinski definition) is 0. The van der Waals surface area contributed by atoms with Gasteiger partial charge in [0.2, 0.25) is 0 Å². The van der Waals surface area contributed by atoms with E-state index in [9.17, 15) is 14.4 Å². The van der Waals surface area contributed by atoms with Crippen molar-refractivity contribution in [3.63, 3.8) is 0 Å². The van der Waals surface area contributed by atoms with Gasteiger partial charge in [0.15, 0.2) is 6.10 Å². The molecule has 0 fully saturated rings. The SMILES string of the molecule is CCCCC/C=C\CCCCCCCC(=O)OCC(COC(=O)CCCCCCCCCCCCCCCCCCCCCCCCCCCCC)OC(=O)CCCCCCCCCCCCCCCCCCCCCCC. The molecule has 0 saturated heterocycles. The van der Waals surface area contributed by atoms with Crippen LogP contribution in [-0.4, -0.2) is 37.2 Å². The van der Waals surface area contributed by atoms with Crippen LogP contribution in [0.3, 0.4) is 0 Å². The number of rotatable bonds is 67. The minimum absolute atomic E-state index is 0.0658. The second kappa shape index (κ2) is 67.7. The van der Waals surface area contributed by atoms with Gasteiger partial charge < -0.3 is 14.2 Å². The van der Waals surface area contributed by atoms with Crippen molar-refractivity contribution in [3.8, 4) is 0 Å². The molecular weight excluding hydrogens is 961 g/mol. The van der Waals surface area contributed by atoms with E-state index in [1.807, 2.05) is 0 Å². The smallest absolute Gasteiger partial charge is 0.306 e. The highest BCUT2D eigenvalue weighted by Crippen LogP contribution is 2.19. The Morgan fingerprint density at radius 1 is 0.244 bits per heavy atom. The molecule has 78 heavy (non-hydrogen) atoms. The minimum Gasteiger partial charge on any atom is -0.462 e. The normalized spacial score (nSPS) is 12.0. The van der Waals surface area contributed by atoms with Crippen LogP contribution in [-0.2, 0) is 28.6 Å². The van der Waals surface area contributed by atoms with E-state index < -0.39 is 6.10 Å². The molecule has 0 aromatic rings. The average molecular weight is 1100 g/mol. The van der Waals surface area contributed by atoms with Gasteiger partial charge in [0, 0.05) is 19.3 Å². The Morgan fingerprint density at radius 3 is 0.667 bits per heavy atom. The van der Waals surface area contributed by atoms with E-state index in [4.69, 9.17) is 14.2 Å². The highest BCUT2D eigenvalue weighted by Gasteiger charge is 2.19. The lowest BCUT2D eigenvalue weighted by molar-refractivity contribution is -0.167. The molecule has 0 spiro atoms. The monoisotopic (exact) mass is 1100 g/mol. The Bertz CT molecular complexity index is 1210. The molecule has 6 nitrogen and oxygen atoms in total. The van der Waals surface area contributed by atoms with Crippen LogP contribution in [0.4, 0.5) is 0 Å². The summed E-state index contributed by atoms with van der Waals surface area (Å²) in [7, 11) is 0. The molecule has 0 aromatic heterocycles. The molecule has 0 heterocycles. The zero-order chi connectivity index (χ0) is 56.4. The molecule has 0 aliphatic carbocycles. The zero-order valence-corrected chi connectivity index (χ0v) is 53.2. The summed E-state index contributed by atoms with van der Waals surface area (Å²) in [6.07, 6.45) is 81.1. The van der Waals surface area contributed by atoms with Crippen molar-refractivity contribution in [2.24, 2.45) is 0 Å². The summed E-state index contributed by atoms with van der Waals surface area (Å²) in [6.45, 7) is 6.70. The fourth-order valence-electron chi connectivity index (χ4n) is 11.2. The molecule has 0 aliphatic rings. The third-order valence-electron chi connectivity index (χ3n) is 16.5. The van der Waals surface area contributed by atoms with E-state index in [1.165, 1.54) is 308 Å². The van der Waals surface area contributed by atoms with Crippen molar-refractivity contribution in [3.05, 3.63) is 12.2 Å². The van der Waals surface area contributed by atoms with Crippen molar-refractivity contribution in [1.82, 2.24) is 0 Å². The molecule has 6 heteroatoms. The number of allylic oxidation sites excluding steroid dienone is 2. The molecule has 1 atom stereocenters. The number of carbonyl (C=O) groups is 3. The van der Waals surface area contributed by atoms with E-state index in [2.05, 4.69) is 32.9 Å². The second-order valence-corrected chi connectivity index (χ2v) is 24.5. The Morgan fingerprint density at radius 2 is 0.423 bits per heavy atom. The lowest BCUT2D eigenvalue weighted by Crippen LogP contribution is -2.30. The van der Waals surface area contributed by atoms with Crippen molar-refractivity contribution < 1.29 is 28.6 Å². The predicted molar refractivity (Wildman–Crippen MR) is 340 cm³/mol. The summed E-state index contributed by atoms with van der Waals surface area (Å²) in [6, 6.07) is 0. The first-order chi connectivity index (χ1) is 38.5. The van der Waals surface area contributed by atoms with Crippen molar-refractivity contribution in [2.75, 3.05) is 13.2 Å². The number of ether oxygens (including phenoxy) is 3. The third-order valence-corrected chi connectivity index (χ3v) is 16.5. The molecule has 0 aromatic carbocycles. The van der Waals surface area contributed by atoms with Crippen LogP contribution >= 0.6 is 0 Å². The van der Waals surface area contributed by atoms with Crippen molar-refractivity contribution in [2.45, 2.75) is 419 Å². The van der Waals surface area contributed by atoms with E-state index in [1.54, 1.807) is 0 Å². The fraction of sp³-hybridized carbons (Fsp3) is 0.931. The Balaban J connectivity index is 4.15. The van der Waals surface area contributed by atoms with Gasteiger partial charge in [0.05, 0.1) is 0 Å². The molecule has 0 saturated carbocycles. The number of esters is 3. The maximum atomic E-state index is 12.9. The van der Waals surface area contributed by atoms with Crippen molar-refractivity contribution in [1.29, 1.82) is 0 Å². The van der Waals surface area contributed by atoms with Crippen LogP contribution < -0.4 is 0 Å². The lowest BCUT2D eigenvalue weighted by atomic mass is 10.0. The van der Waals surface area contributed by atoms with Crippen LogP contribution in [0.15, 0.2) is 12.2 Å². The van der Waals surface area contributed by atoms with Crippen LogP contribution in [0.2, 0.25) is 0 Å². The highest BCUT2D eigenvalue weighted by molar-refractivity contribution is 5.71. The van der Waals surface area contributed by atoms with Crippen LogP contribution in [0, 0.1) is 0 Å². The number of hydrogen-bond acceptors (Lipinski definition) is 6. The van der Waals surface area contributed by atoms with Gasteiger partial charge in [-0.2, -0.15) is 0 Å². The number of unbranched alkanes of at least 4 members (excludes halogenated alkanes) is 54. The summed E-state index contributed by atoms with van der Waals surface area (Å²) in [5.41, 5.74) is 0. The predicted octanol–water partition coefficient (Wildman–Crippen LogP) is 24.4. The van der Waals surface area contributed by atoms with Crippen molar-refractivity contribution >= 4 is 17.9 Å². The summed E-state index contributed by atoms with van der Waals surface area (Å²) >= 11 is 0. The lowest BCUT2D eigenvalue weighted by Gasteiger charge is -2.18. The van der Waals surface area contributed by atoms with Crippen LogP contribution in [0.25, 0.3) is 0 Å². The maximum absolute atomic E-state index is 12.9. The summed E-state index contributed by atoms with van der Waals surface area (Å²) in [5, 5.41) is 0. The minimum atomic E-state index is -0.769. The summed E-state index contributed by atoms with van der Waals surface area (Å²) < 4.78 is 17.0. The van der Waals surface area contributed by atoms with Gasteiger partial charge in [0.25, 0.3) is 0 Å². The molecular formula is C72H138O6. The van der Waals surface area contributed by atoms with E-state index in [0.717, 1.165) is 64.2 Å². The van der Waals surface area contributed by atoms with E-state index in [0.29, 0.717) is 19.3 Å². The Labute approximate surface area is 488 Å². The quantitative estimate of drug-likeness (QED) is 0.0261. The first-order valence-corrected chi connectivity index (χ1v) is 35.7. The first-order valence-electron chi connectivity index (χ1n) is 35.7. The average Bonchev–Trinajstić information content (AvgIpc) is 3.44. The van der Waals surface area contributed by atoms with E-state index >= 15 is 0 Å². The fourth-order valence-corrected chi connectivity index (χ4v) is 11.2. The molecule has 0 bridgehead atoms. The maximum Gasteiger partial charge on any atom is 0.306 e. The van der Waals surface area contributed by atoms with Gasteiger partial charge in [-0.05, 0) is 44.9 Å². The topological polar surface area (TPSA) is 78.9 Å². The first kappa shape index (κ1) is 76.1. The standard InChI is InChI=1S/C72H138O6/c1-4-7-10-13-16-19-22-25-27-29-31-33-34-35-36-37-38-40-41-43-45-47-50-53-56-59-62-65-71(74)77-68-69(67-76-70(73)64-61-58-55-52-49-24-21-18-15-12-9-6-3)78-72(75)66-63-60-57-54-51-48-46-44-42-39-32-30-28-26-23-20-17-14-11-8-5-2/h18,21,69H,4-17,19-20,22-68H2,1-3H3/b21-18-. The van der Waals surface area contributed by atoms with Gasteiger partial charge in [-0.15, -0.1) is 0 Å². The van der Waals surface area contributed by atoms with Crippen LogP contribution in [0.1, 0.15) is 412 Å². The highest BCUT2D eigenvalue weighted by atomic mass is 16.6. The van der Waals surface area contributed by atoms with E-state index in [-0.39, 0.29) is 31.1 Å². The van der Waals surface area contributed by atoms with Crippen LogP contribution in [0.5, 0.6) is 0 Å².